The number of H-pyrrole nitrogens is 1. The Morgan fingerprint density at radius 2 is 2.16 bits per heavy atom. The van der Waals surface area contributed by atoms with E-state index in [-0.39, 0.29) is 6.10 Å². The summed E-state index contributed by atoms with van der Waals surface area (Å²) in [6.45, 7) is 2.47. The second-order valence-electron chi connectivity index (χ2n) is 4.47. The molecule has 1 aliphatic heterocycles. The molecule has 1 unspecified atom stereocenters. The van der Waals surface area contributed by atoms with Gasteiger partial charge in [0.2, 0.25) is 0 Å². The van der Waals surface area contributed by atoms with Gasteiger partial charge in [0.25, 0.3) is 0 Å². The van der Waals surface area contributed by atoms with Gasteiger partial charge in [-0.3, -0.25) is 0 Å². The van der Waals surface area contributed by atoms with Gasteiger partial charge in [0.1, 0.15) is 11.9 Å². The number of morpholine rings is 1. The number of hydrogen-bond acceptors (Lipinski definition) is 4. The van der Waals surface area contributed by atoms with Gasteiger partial charge in [-0.05, 0) is 24.0 Å². The van der Waals surface area contributed by atoms with Crippen LogP contribution in [0, 0.1) is 0 Å². The molecular weight excluding hydrogens is 258 g/mol. The summed E-state index contributed by atoms with van der Waals surface area (Å²) < 4.78 is 5.69. The van der Waals surface area contributed by atoms with Crippen molar-refractivity contribution in [1.82, 2.24) is 15.3 Å². The van der Waals surface area contributed by atoms with Crippen molar-refractivity contribution < 1.29 is 4.74 Å². The van der Waals surface area contributed by atoms with E-state index in [9.17, 15) is 0 Å². The molecule has 1 fully saturated rings. The minimum atomic E-state index is 0.0352. The third-order valence-electron chi connectivity index (χ3n) is 3.23. The van der Waals surface area contributed by atoms with Gasteiger partial charge < -0.3 is 15.0 Å². The van der Waals surface area contributed by atoms with Crippen LogP contribution in [0.4, 0.5) is 0 Å². The van der Waals surface area contributed by atoms with Crippen molar-refractivity contribution in [3.8, 4) is 11.3 Å². The van der Waals surface area contributed by atoms with Gasteiger partial charge >= 0.3 is 0 Å². The molecule has 3 rings (SSSR count). The van der Waals surface area contributed by atoms with Crippen molar-refractivity contribution in [2.24, 2.45) is 0 Å². The van der Waals surface area contributed by atoms with Gasteiger partial charge in [0, 0.05) is 18.0 Å². The first-order valence-electron chi connectivity index (χ1n) is 6.38. The lowest BCUT2D eigenvalue weighted by molar-refractivity contribution is 0.0227. The average molecular weight is 275 g/mol. The first-order chi connectivity index (χ1) is 9.36. The lowest BCUT2D eigenvalue weighted by Gasteiger charge is -2.21. The summed E-state index contributed by atoms with van der Waals surface area (Å²) in [6.07, 6.45) is 3.99. The third kappa shape index (κ3) is 2.83. The van der Waals surface area contributed by atoms with Gasteiger partial charge in [-0.2, -0.15) is 0 Å². The first-order valence-corrected chi connectivity index (χ1v) is 7.61. The van der Waals surface area contributed by atoms with Crippen molar-refractivity contribution in [2.75, 3.05) is 26.0 Å². The summed E-state index contributed by atoms with van der Waals surface area (Å²) in [7, 11) is 0. The largest absolute Gasteiger partial charge is 0.368 e. The van der Waals surface area contributed by atoms with Crippen LogP contribution in [0.25, 0.3) is 11.3 Å². The zero-order chi connectivity index (χ0) is 13.1. The molecule has 1 saturated heterocycles. The molecule has 1 atom stereocenters. The van der Waals surface area contributed by atoms with Gasteiger partial charge in [0.15, 0.2) is 0 Å². The minimum absolute atomic E-state index is 0.0352. The molecule has 0 radical (unpaired) electrons. The SMILES string of the molecule is CSc1ccc(-c2cnc(C3CNCCO3)[nH]2)cc1. The molecule has 1 aromatic carbocycles. The molecule has 0 amide bonds. The summed E-state index contributed by atoms with van der Waals surface area (Å²) in [6, 6.07) is 8.48. The summed E-state index contributed by atoms with van der Waals surface area (Å²) in [4.78, 5) is 9.05. The number of thioether (sulfide) groups is 1. The molecular formula is C14H17N3OS. The summed E-state index contributed by atoms with van der Waals surface area (Å²) in [5.41, 5.74) is 2.19. The summed E-state index contributed by atoms with van der Waals surface area (Å²) in [5.74, 6) is 0.899. The second kappa shape index (κ2) is 5.77. The Labute approximate surface area is 117 Å². The predicted octanol–water partition coefficient (Wildman–Crippen LogP) is 2.46. The number of hydrogen-bond donors (Lipinski definition) is 2. The monoisotopic (exact) mass is 275 g/mol. The fourth-order valence-corrected chi connectivity index (χ4v) is 2.57. The molecule has 0 aliphatic carbocycles. The molecule has 2 heterocycles. The van der Waals surface area contributed by atoms with E-state index in [1.54, 1.807) is 11.8 Å². The van der Waals surface area contributed by atoms with Crippen LogP contribution in [0.3, 0.4) is 0 Å². The van der Waals surface area contributed by atoms with Gasteiger partial charge in [-0.25, -0.2) is 4.98 Å². The highest BCUT2D eigenvalue weighted by molar-refractivity contribution is 7.98. The Bertz CT molecular complexity index is 532. The van der Waals surface area contributed by atoms with Crippen molar-refractivity contribution in [2.45, 2.75) is 11.0 Å². The lowest BCUT2D eigenvalue weighted by atomic mass is 10.2. The van der Waals surface area contributed by atoms with Crippen LogP contribution in [0.15, 0.2) is 35.4 Å². The minimum Gasteiger partial charge on any atom is -0.368 e. The zero-order valence-corrected chi connectivity index (χ0v) is 11.7. The van der Waals surface area contributed by atoms with Crippen LogP contribution < -0.4 is 5.32 Å². The number of rotatable bonds is 3. The number of benzene rings is 1. The molecule has 0 saturated carbocycles. The van der Waals surface area contributed by atoms with Crippen molar-refractivity contribution >= 4 is 11.8 Å². The van der Waals surface area contributed by atoms with Crippen LogP contribution >= 0.6 is 11.8 Å². The molecule has 2 N–H and O–H groups in total. The summed E-state index contributed by atoms with van der Waals surface area (Å²) >= 11 is 1.75. The van der Waals surface area contributed by atoms with Crippen LogP contribution in [-0.2, 0) is 4.74 Å². The van der Waals surface area contributed by atoms with E-state index < -0.39 is 0 Å². The standard InChI is InChI=1S/C14H17N3OS/c1-19-11-4-2-10(3-5-11)12-8-16-14(17-12)13-9-15-6-7-18-13/h2-5,8,13,15H,6-7,9H2,1H3,(H,16,17). The number of nitrogens with one attached hydrogen (secondary N) is 2. The van der Waals surface area contributed by atoms with E-state index in [1.165, 1.54) is 4.90 Å². The first kappa shape index (κ1) is 12.7. The Morgan fingerprint density at radius 3 is 2.84 bits per heavy atom. The zero-order valence-electron chi connectivity index (χ0n) is 10.8. The molecule has 2 aromatic rings. The van der Waals surface area contributed by atoms with Crippen LogP contribution in [0.2, 0.25) is 0 Å². The van der Waals surface area contributed by atoms with Crippen molar-refractivity contribution in [3.63, 3.8) is 0 Å². The van der Waals surface area contributed by atoms with Gasteiger partial charge in [-0.1, -0.05) is 12.1 Å². The highest BCUT2D eigenvalue weighted by Crippen LogP contribution is 2.24. The topological polar surface area (TPSA) is 49.9 Å². The maximum Gasteiger partial charge on any atom is 0.137 e. The fourth-order valence-electron chi connectivity index (χ4n) is 2.16. The second-order valence-corrected chi connectivity index (χ2v) is 5.35. The van der Waals surface area contributed by atoms with E-state index in [1.807, 2.05) is 6.20 Å². The highest BCUT2D eigenvalue weighted by atomic mass is 32.2. The number of imidazole rings is 1. The smallest absolute Gasteiger partial charge is 0.137 e. The molecule has 100 valence electrons. The maximum absolute atomic E-state index is 5.69. The van der Waals surface area contributed by atoms with E-state index >= 15 is 0 Å². The third-order valence-corrected chi connectivity index (χ3v) is 3.97. The molecule has 0 spiro atoms. The van der Waals surface area contributed by atoms with E-state index in [2.05, 4.69) is 45.8 Å². The molecule has 5 heteroatoms. The Balaban J connectivity index is 1.79. The number of aromatic amines is 1. The molecule has 1 aromatic heterocycles. The summed E-state index contributed by atoms with van der Waals surface area (Å²) in [5, 5.41) is 3.31. The Kier molecular flexibility index (Phi) is 3.87. The average Bonchev–Trinajstić information content (AvgIpc) is 2.98. The van der Waals surface area contributed by atoms with E-state index in [4.69, 9.17) is 4.74 Å². The van der Waals surface area contributed by atoms with Crippen molar-refractivity contribution in [1.29, 1.82) is 0 Å². The van der Waals surface area contributed by atoms with E-state index in [0.29, 0.717) is 0 Å². The molecule has 19 heavy (non-hydrogen) atoms. The normalized spacial score (nSPS) is 19.5. The van der Waals surface area contributed by atoms with E-state index in [0.717, 1.165) is 36.8 Å². The van der Waals surface area contributed by atoms with Crippen molar-refractivity contribution in [3.05, 3.63) is 36.3 Å². The molecule has 4 nitrogen and oxygen atoms in total. The fraction of sp³-hybridized carbons (Fsp3) is 0.357. The maximum atomic E-state index is 5.69. The molecule has 0 bridgehead atoms. The lowest BCUT2D eigenvalue weighted by Crippen LogP contribution is -2.33. The highest BCUT2D eigenvalue weighted by Gasteiger charge is 2.18. The Morgan fingerprint density at radius 1 is 1.32 bits per heavy atom. The van der Waals surface area contributed by atoms with Gasteiger partial charge in [0.05, 0.1) is 18.5 Å². The number of aromatic nitrogens is 2. The number of nitrogens with zero attached hydrogens (tertiary/aromatic N) is 1. The molecule has 1 aliphatic rings. The van der Waals surface area contributed by atoms with Crippen LogP contribution in [-0.4, -0.2) is 35.9 Å². The van der Waals surface area contributed by atoms with Crippen LogP contribution in [0.1, 0.15) is 11.9 Å². The van der Waals surface area contributed by atoms with Gasteiger partial charge in [-0.15, -0.1) is 11.8 Å². The number of ether oxygens (including phenoxy) is 1. The van der Waals surface area contributed by atoms with Crippen LogP contribution in [0.5, 0.6) is 0 Å². The predicted molar refractivity (Wildman–Crippen MR) is 77.4 cm³/mol. The Hall–Kier alpha value is -1.30. The quantitative estimate of drug-likeness (QED) is 0.845.